The van der Waals surface area contributed by atoms with Crippen molar-refractivity contribution >= 4 is 39.7 Å². The lowest BCUT2D eigenvalue weighted by Crippen LogP contribution is -2.37. The van der Waals surface area contributed by atoms with Crippen molar-refractivity contribution < 1.29 is 14.3 Å². The maximum atomic E-state index is 12.4. The summed E-state index contributed by atoms with van der Waals surface area (Å²) in [6, 6.07) is 11.1. The van der Waals surface area contributed by atoms with Crippen LogP contribution in [0, 0.1) is 0 Å². The van der Waals surface area contributed by atoms with Crippen LogP contribution in [0.15, 0.2) is 47.2 Å². The molecule has 1 unspecified atom stereocenters. The second kappa shape index (κ2) is 6.18. The Balaban J connectivity index is 1.48. The summed E-state index contributed by atoms with van der Waals surface area (Å²) in [6.45, 7) is 0. The summed E-state index contributed by atoms with van der Waals surface area (Å²) in [5, 5.41) is 7.11. The molecule has 0 saturated heterocycles. The van der Waals surface area contributed by atoms with Crippen LogP contribution in [0.2, 0.25) is 0 Å². The Hall–Kier alpha value is -2.51. The maximum Gasteiger partial charge on any atom is 0.339 e. The van der Waals surface area contributed by atoms with Crippen molar-refractivity contribution in [1.82, 2.24) is 4.98 Å². The van der Waals surface area contributed by atoms with Crippen molar-refractivity contribution in [1.29, 1.82) is 0 Å². The zero-order valence-electron chi connectivity index (χ0n) is 12.4. The van der Waals surface area contributed by atoms with E-state index in [1.54, 1.807) is 23.5 Å². The number of fused-ring (bicyclic) bond motifs is 1. The van der Waals surface area contributed by atoms with Crippen LogP contribution in [0.1, 0.15) is 15.9 Å². The lowest BCUT2D eigenvalue weighted by atomic mass is 9.98. The van der Waals surface area contributed by atoms with Crippen LogP contribution < -0.4 is 5.32 Å². The number of hydrogen-bond donors (Lipinski definition) is 1. The van der Waals surface area contributed by atoms with Crippen molar-refractivity contribution in [3.8, 4) is 10.6 Å². The number of thiazole rings is 1. The molecule has 0 fully saturated rings. The quantitative estimate of drug-likeness (QED) is 0.728. The highest BCUT2D eigenvalue weighted by Gasteiger charge is 2.31. The average molecular weight is 356 g/mol. The van der Waals surface area contributed by atoms with Gasteiger partial charge in [0.15, 0.2) is 11.2 Å². The molecule has 7 heteroatoms. The highest BCUT2D eigenvalue weighted by molar-refractivity contribution is 7.16. The number of thiophene rings is 1. The Morgan fingerprint density at radius 1 is 1.21 bits per heavy atom. The smallest absolute Gasteiger partial charge is 0.339 e. The van der Waals surface area contributed by atoms with Crippen molar-refractivity contribution in [2.24, 2.45) is 0 Å². The van der Waals surface area contributed by atoms with Gasteiger partial charge in [-0.25, -0.2) is 9.78 Å². The molecule has 3 aromatic rings. The Bertz CT molecular complexity index is 902. The molecule has 1 aliphatic rings. The highest BCUT2D eigenvalue weighted by atomic mass is 32.1. The van der Waals surface area contributed by atoms with Gasteiger partial charge in [0.05, 0.1) is 16.1 Å². The minimum atomic E-state index is -0.832. The molecule has 120 valence electrons. The number of rotatable bonds is 3. The van der Waals surface area contributed by atoms with Crippen LogP contribution in [-0.2, 0) is 16.0 Å². The number of carbonyl (C=O) groups excluding carboxylic acids is 2. The number of esters is 1. The van der Waals surface area contributed by atoms with Gasteiger partial charge < -0.3 is 4.74 Å². The second-order valence-corrected chi connectivity index (χ2v) is 7.07. The van der Waals surface area contributed by atoms with Gasteiger partial charge in [-0.1, -0.05) is 24.3 Å². The number of aromatic nitrogens is 1. The molecule has 24 heavy (non-hydrogen) atoms. The van der Waals surface area contributed by atoms with E-state index < -0.39 is 12.1 Å². The molecule has 5 nitrogen and oxygen atoms in total. The Kier molecular flexibility index (Phi) is 3.87. The summed E-state index contributed by atoms with van der Waals surface area (Å²) in [6.07, 6.45) is -0.460. The first-order chi connectivity index (χ1) is 11.7. The molecule has 1 amide bonds. The monoisotopic (exact) mass is 356 g/mol. The first kappa shape index (κ1) is 15.0. The number of hydrogen-bond acceptors (Lipinski definition) is 6. The molecule has 0 spiro atoms. The van der Waals surface area contributed by atoms with Crippen LogP contribution in [0.25, 0.3) is 10.6 Å². The van der Waals surface area contributed by atoms with Gasteiger partial charge >= 0.3 is 5.97 Å². The maximum absolute atomic E-state index is 12.4. The summed E-state index contributed by atoms with van der Waals surface area (Å²) in [4.78, 5) is 29.9. The number of anilines is 1. The predicted octanol–water partition coefficient (Wildman–Crippen LogP) is 3.59. The fourth-order valence-electron chi connectivity index (χ4n) is 2.53. The fraction of sp³-hybridized carbons (Fsp3) is 0.118. The molecule has 3 heterocycles. The molecule has 2 aromatic heterocycles. The number of ether oxygens (including phenoxy) is 1. The van der Waals surface area contributed by atoms with E-state index in [4.69, 9.17) is 4.74 Å². The van der Waals surface area contributed by atoms with Crippen LogP contribution in [-0.4, -0.2) is 23.0 Å². The van der Waals surface area contributed by atoms with E-state index in [1.807, 2.05) is 35.0 Å². The predicted molar refractivity (Wildman–Crippen MR) is 93.4 cm³/mol. The first-order valence-corrected chi connectivity index (χ1v) is 9.06. The molecule has 1 atom stereocenters. The van der Waals surface area contributed by atoms with Gasteiger partial charge in [-0.3, -0.25) is 10.1 Å². The van der Waals surface area contributed by atoms with Gasteiger partial charge in [-0.2, -0.15) is 0 Å². The Morgan fingerprint density at radius 2 is 2.08 bits per heavy atom. The van der Waals surface area contributed by atoms with E-state index in [0.29, 0.717) is 17.1 Å². The number of nitrogens with zero attached hydrogens (tertiary/aromatic N) is 1. The summed E-state index contributed by atoms with van der Waals surface area (Å²) in [5.41, 5.74) is 2.18. The molecule has 1 aliphatic heterocycles. The number of nitrogens with one attached hydrogen (secondary N) is 1. The van der Waals surface area contributed by atoms with E-state index in [-0.39, 0.29) is 5.91 Å². The number of cyclic esters (lactones) is 1. The van der Waals surface area contributed by atoms with Crippen molar-refractivity contribution in [3.05, 3.63) is 58.3 Å². The molecule has 0 saturated carbocycles. The fourth-order valence-corrected chi connectivity index (χ4v) is 4.01. The largest absolute Gasteiger partial charge is 0.448 e. The number of benzene rings is 1. The standard InChI is InChI=1S/C17H12N2O3S2/c20-15(13-8-10-4-1-2-5-11(10)16(21)22-13)19-17-18-12(9-24-17)14-6-3-7-23-14/h1-7,9,13H,8H2,(H,18,19,20). The molecule has 0 bridgehead atoms. The number of carbonyl (C=O) groups is 2. The van der Waals surface area contributed by atoms with Gasteiger partial charge in [0, 0.05) is 11.8 Å². The SMILES string of the molecule is O=C1OC(C(=O)Nc2nc(-c3cccs3)cs2)Cc2ccccc21. The molecule has 0 radical (unpaired) electrons. The third kappa shape index (κ3) is 2.83. The Labute approximate surface area is 145 Å². The van der Waals surface area contributed by atoms with Gasteiger partial charge in [0.2, 0.25) is 0 Å². The van der Waals surface area contributed by atoms with Crippen LogP contribution in [0.3, 0.4) is 0 Å². The van der Waals surface area contributed by atoms with Crippen molar-refractivity contribution in [3.63, 3.8) is 0 Å². The van der Waals surface area contributed by atoms with E-state index in [1.165, 1.54) is 11.3 Å². The topological polar surface area (TPSA) is 68.3 Å². The second-order valence-electron chi connectivity index (χ2n) is 5.26. The van der Waals surface area contributed by atoms with Gasteiger partial charge in [0.1, 0.15) is 0 Å². The summed E-state index contributed by atoms with van der Waals surface area (Å²) in [7, 11) is 0. The molecular weight excluding hydrogens is 344 g/mol. The normalized spacial score (nSPS) is 16.3. The van der Waals surface area contributed by atoms with Gasteiger partial charge in [-0.05, 0) is 23.1 Å². The molecular formula is C17H12N2O3S2. The van der Waals surface area contributed by atoms with E-state index >= 15 is 0 Å². The molecule has 1 N–H and O–H groups in total. The van der Waals surface area contributed by atoms with Gasteiger partial charge in [0.25, 0.3) is 5.91 Å². The van der Waals surface area contributed by atoms with Gasteiger partial charge in [-0.15, -0.1) is 22.7 Å². The van der Waals surface area contributed by atoms with E-state index in [2.05, 4.69) is 10.3 Å². The Morgan fingerprint density at radius 3 is 2.92 bits per heavy atom. The molecule has 0 aliphatic carbocycles. The van der Waals surface area contributed by atoms with Crippen molar-refractivity contribution in [2.75, 3.05) is 5.32 Å². The summed E-state index contributed by atoms with van der Waals surface area (Å²) in [5.74, 6) is -0.819. The average Bonchev–Trinajstić information content (AvgIpc) is 3.26. The lowest BCUT2D eigenvalue weighted by molar-refractivity contribution is -0.125. The van der Waals surface area contributed by atoms with Crippen LogP contribution in [0.4, 0.5) is 5.13 Å². The highest BCUT2D eigenvalue weighted by Crippen LogP contribution is 2.29. The molecule has 4 rings (SSSR count). The van der Waals surface area contributed by atoms with E-state index in [0.717, 1.165) is 16.1 Å². The third-order valence-corrected chi connectivity index (χ3v) is 5.34. The first-order valence-electron chi connectivity index (χ1n) is 7.30. The van der Waals surface area contributed by atoms with E-state index in [9.17, 15) is 9.59 Å². The minimum Gasteiger partial charge on any atom is -0.448 e. The zero-order chi connectivity index (χ0) is 16.5. The third-order valence-electron chi connectivity index (χ3n) is 3.69. The summed E-state index contributed by atoms with van der Waals surface area (Å²) < 4.78 is 5.25. The van der Waals surface area contributed by atoms with Crippen molar-refractivity contribution in [2.45, 2.75) is 12.5 Å². The van der Waals surface area contributed by atoms with Crippen LogP contribution >= 0.6 is 22.7 Å². The number of amides is 1. The zero-order valence-corrected chi connectivity index (χ0v) is 14.0. The lowest BCUT2D eigenvalue weighted by Gasteiger charge is -2.23. The van der Waals surface area contributed by atoms with Crippen LogP contribution in [0.5, 0.6) is 0 Å². The minimum absolute atomic E-state index is 0.357. The summed E-state index contributed by atoms with van der Waals surface area (Å²) >= 11 is 2.94. The molecule has 1 aromatic carbocycles.